The zero-order valence-corrected chi connectivity index (χ0v) is 10.3. The molecule has 0 amide bonds. The number of rotatable bonds is 3. The molecule has 0 aliphatic heterocycles. The third-order valence-electron chi connectivity index (χ3n) is 2.20. The smallest absolute Gasteiger partial charge is 0.387 e. The molecular formula is C11H6BrF2NO3. The second-order valence-corrected chi connectivity index (χ2v) is 4.24. The number of ether oxygens (including phenoxy) is 1. The van der Waals surface area contributed by atoms with Gasteiger partial charge in [-0.25, -0.2) is 4.79 Å². The molecule has 2 aromatic rings. The number of pyridine rings is 1. The number of hydrogen-bond acceptors (Lipinski definition) is 3. The SMILES string of the molecule is O=C(O)c1cnc2cc(OC(F)F)c(Br)cc2c1. The Balaban J connectivity index is 2.53. The molecule has 0 saturated carbocycles. The second-order valence-electron chi connectivity index (χ2n) is 3.38. The number of hydrogen-bond donors (Lipinski definition) is 1. The first kappa shape index (κ1) is 12.7. The number of nitrogens with zero attached hydrogens (tertiary/aromatic N) is 1. The molecule has 0 bridgehead atoms. The summed E-state index contributed by atoms with van der Waals surface area (Å²) in [7, 11) is 0. The molecule has 7 heteroatoms. The normalized spacial score (nSPS) is 10.9. The minimum Gasteiger partial charge on any atom is -0.478 e. The molecule has 0 aliphatic rings. The van der Waals surface area contributed by atoms with Gasteiger partial charge in [-0.3, -0.25) is 4.98 Å². The first-order chi connectivity index (χ1) is 8.47. The van der Waals surface area contributed by atoms with Crippen LogP contribution in [0.2, 0.25) is 0 Å². The standard InChI is InChI=1S/C11H6BrF2NO3/c12-7-2-5-1-6(10(16)17)4-15-8(5)3-9(7)18-11(13)14/h1-4,11H,(H,16,17). The molecule has 2 rings (SSSR count). The van der Waals surface area contributed by atoms with E-state index in [1.807, 2.05) is 0 Å². The van der Waals surface area contributed by atoms with Gasteiger partial charge in [-0.05, 0) is 28.1 Å². The molecule has 0 aliphatic carbocycles. The Bertz CT molecular complexity index is 619. The van der Waals surface area contributed by atoms with Crippen LogP contribution in [0.1, 0.15) is 10.4 Å². The number of carboxylic acid groups (broad SMARTS) is 1. The fourth-order valence-corrected chi connectivity index (χ4v) is 1.89. The molecule has 1 N–H and O–H groups in total. The topological polar surface area (TPSA) is 59.4 Å². The van der Waals surface area contributed by atoms with Gasteiger partial charge in [-0.2, -0.15) is 8.78 Å². The van der Waals surface area contributed by atoms with E-state index in [1.165, 1.54) is 18.2 Å². The Hall–Kier alpha value is -1.76. The molecule has 0 spiro atoms. The minimum absolute atomic E-state index is 0.0249. The molecule has 0 saturated heterocycles. The number of aromatic nitrogens is 1. The summed E-state index contributed by atoms with van der Waals surface area (Å²) in [6.45, 7) is -2.93. The molecule has 1 heterocycles. The summed E-state index contributed by atoms with van der Waals surface area (Å²) in [6, 6.07) is 4.20. The number of benzene rings is 1. The van der Waals surface area contributed by atoms with Gasteiger partial charge < -0.3 is 9.84 Å². The van der Waals surface area contributed by atoms with Crippen molar-refractivity contribution in [1.82, 2.24) is 4.98 Å². The van der Waals surface area contributed by atoms with Crippen molar-refractivity contribution in [2.75, 3.05) is 0 Å². The van der Waals surface area contributed by atoms with Gasteiger partial charge in [0.1, 0.15) is 5.75 Å². The number of carbonyl (C=O) groups is 1. The van der Waals surface area contributed by atoms with Crippen LogP contribution in [0.15, 0.2) is 28.9 Å². The van der Waals surface area contributed by atoms with Crippen molar-refractivity contribution in [3.05, 3.63) is 34.4 Å². The van der Waals surface area contributed by atoms with Crippen LogP contribution in [0.4, 0.5) is 8.78 Å². The van der Waals surface area contributed by atoms with Crippen molar-refractivity contribution < 1.29 is 23.4 Å². The van der Waals surface area contributed by atoms with E-state index in [1.54, 1.807) is 0 Å². The quantitative estimate of drug-likeness (QED) is 0.943. The molecule has 94 valence electrons. The summed E-state index contributed by atoms with van der Waals surface area (Å²) in [4.78, 5) is 14.7. The van der Waals surface area contributed by atoms with E-state index >= 15 is 0 Å². The number of alkyl halides is 2. The summed E-state index contributed by atoms with van der Waals surface area (Å²) in [5.74, 6) is -1.15. The van der Waals surface area contributed by atoms with Gasteiger partial charge in [-0.15, -0.1) is 0 Å². The van der Waals surface area contributed by atoms with Gasteiger partial charge in [0.25, 0.3) is 0 Å². The van der Waals surface area contributed by atoms with Gasteiger partial charge in [0.15, 0.2) is 0 Å². The minimum atomic E-state index is -2.93. The van der Waals surface area contributed by atoms with Crippen LogP contribution in [0.25, 0.3) is 10.9 Å². The zero-order valence-electron chi connectivity index (χ0n) is 8.73. The average Bonchev–Trinajstić information content (AvgIpc) is 2.28. The number of halogens is 3. The Morgan fingerprint density at radius 3 is 2.72 bits per heavy atom. The van der Waals surface area contributed by atoms with Crippen LogP contribution in [-0.2, 0) is 0 Å². The van der Waals surface area contributed by atoms with Crippen molar-refractivity contribution in [3.63, 3.8) is 0 Å². The van der Waals surface area contributed by atoms with Gasteiger partial charge in [0.05, 0.1) is 15.6 Å². The maximum absolute atomic E-state index is 12.1. The second kappa shape index (κ2) is 4.85. The van der Waals surface area contributed by atoms with Crippen LogP contribution in [0.3, 0.4) is 0 Å². The summed E-state index contributed by atoms with van der Waals surface area (Å²) in [5.41, 5.74) is 0.399. The van der Waals surface area contributed by atoms with Crippen LogP contribution in [-0.4, -0.2) is 22.7 Å². The predicted octanol–water partition coefficient (Wildman–Crippen LogP) is 3.30. The summed E-state index contributed by atoms with van der Waals surface area (Å²) < 4.78 is 28.9. The van der Waals surface area contributed by atoms with E-state index < -0.39 is 12.6 Å². The van der Waals surface area contributed by atoms with Crippen LogP contribution in [0, 0.1) is 0 Å². The van der Waals surface area contributed by atoms with Crippen molar-refractivity contribution >= 4 is 32.8 Å². The first-order valence-electron chi connectivity index (χ1n) is 4.75. The van der Waals surface area contributed by atoms with Crippen molar-refractivity contribution in [2.45, 2.75) is 6.61 Å². The lowest BCUT2D eigenvalue weighted by Crippen LogP contribution is -2.03. The molecule has 0 atom stereocenters. The number of aromatic carboxylic acids is 1. The lowest BCUT2D eigenvalue weighted by Gasteiger charge is -2.08. The van der Waals surface area contributed by atoms with Crippen molar-refractivity contribution in [3.8, 4) is 5.75 Å². The van der Waals surface area contributed by atoms with Gasteiger partial charge in [0, 0.05) is 17.6 Å². The molecular weight excluding hydrogens is 312 g/mol. The lowest BCUT2D eigenvalue weighted by molar-refractivity contribution is -0.0502. The maximum atomic E-state index is 12.1. The highest BCUT2D eigenvalue weighted by molar-refractivity contribution is 9.10. The third-order valence-corrected chi connectivity index (χ3v) is 2.82. The molecule has 18 heavy (non-hydrogen) atoms. The Kier molecular flexibility index (Phi) is 3.42. The summed E-state index contributed by atoms with van der Waals surface area (Å²) in [6.07, 6.45) is 1.16. The largest absolute Gasteiger partial charge is 0.478 e. The van der Waals surface area contributed by atoms with Crippen LogP contribution in [0.5, 0.6) is 5.75 Å². The lowest BCUT2D eigenvalue weighted by atomic mass is 10.1. The monoisotopic (exact) mass is 317 g/mol. The van der Waals surface area contributed by atoms with E-state index in [0.29, 0.717) is 15.4 Å². The highest BCUT2D eigenvalue weighted by atomic mass is 79.9. The van der Waals surface area contributed by atoms with Gasteiger partial charge in [0.2, 0.25) is 0 Å². The highest BCUT2D eigenvalue weighted by Gasteiger charge is 2.11. The van der Waals surface area contributed by atoms with Gasteiger partial charge in [-0.1, -0.05) is 0 Å². The average molecular weight is 318 g/mol. The number of carboxylic acids is 1. The number of fused-ring (bicyclic) bond motifs is 1. The van der Waals surface area contributed by atoms with E-state index in [-0.39, 0.29) is 11.3 Å². The van der Waals surface area contributed by atoms with E-state index in [4.69, 9.17) is 5.11 Å². The molecule has 0 fully saturated rings. The summed E-state index contributed by atoms with van der Waals surface area (Å²) in [5, 5.41) is 9.33. The Labute approximate surface area is 108 Å². The van der Waals surface area contributed by atoms with Crippen LogP contribution < -0.4 is 4.74 Å². The Morgan fingerprint density at radius 1 is 1.39 bits per heavy atom. The molecule has 1 aromatic carbocycles. The molecule has 4 nitrogen and oxygen atoms in total. The van der Waals surface area contributed by atoms with Crippen molar-refractivity contribution in [1.29, 1.82) is 0 Å². The van der Waals surface area contributed by atoms with E-state index in [9.17, 15) is 13.6 Å². The Morgan fingerprint density at radius 2 is 2.11 bits per heavy atom. The summed E-state index contributed by atoms with van der Waals surface area (Å²) >= 11 is 3.07. The first-order valence-corrected chi connectivity index (χ1v) is 5.54. The fraction of sp³-hybridized carbons (Fsp3) is 0.0909. The molecule has 0 unspecified atom stereocenters. The molecule has 1 aromatic heterocycles. The third kappa shape index (κ3) is 2.56. The van der Waals surface area contributed by atoms with Crippen molar-refractivity contribution in [2.24, 2.45) is 0 Å². The van der Waals surface area contributed by atoms with Gasteiger partial charge >= 0.3 is 12.6 Å². The maximum Gasteiger partial charge on any atom is 0.387 e. The zero-order chi connectivity index (χ0) is 13.3. The van der Waals surface area contributed by atoms with E-state index in [2.05, 4.69) is 25.7 Å². The molecule has 0 radical (unpaired) electrons. The highest BCUT2D eigenvalue weighted by Crippen LogP contribution is 2.31. The predicted molar refractivity (Wildman–Crippen MR) is 63.0 cm³/mol. The van der Waals surface area contributed by atoms with Crippen LogP contribution >= 0.6 is 15.9 Å². The fourth-order valence-electron chi connectivity index (χ4n) is 1.43. The van der Waals surface area contributed by atoms with E-state index in [0.717, 1.165) is 6.20 Å².